The van der Waals surface area contributed by atoms with Gasteiger partial charge in [0.2, 0.25) is 0 Å². The quantitative estimate of drug-likeness (QED) is 0.272. The molecular formula is C27H35NO4. The zero-order valence-corrected chi connectivity index (χ0v) is 19.5. The predicted molar refractivity (Wildman–Crippen MR) is 123 cm³/mol. The largest absolute Gasteiger partial charge is 0.497 e. The van der Waals surface area contributed by atoms with Crippen LogP contribution < -0.4 is 4.74 Å². The van der Waals surface area contributed by atoms with Crippen LogP contribution in [0.4, 0.5) is 0 Å². The minimum absolute atomic E-state index is 0.0473. The molecule has 3 saturated carbocycles. The molecule has 5 nitrogen and oxygen atoms in total. The number of hydrogen-bond acceptors (Lipinski definition) is 5. The van der Waals surface area contributed by atoms with Crippen LogP contribution in [0.25, 0.3) is 0 Å². The number of ether oxygens (including phenoxy) is 2. The highest BCUT2D eigenvalue weighted by atomic mass is 16.5. The summed E-state index contributed by atoms with van der Waals surface area (Å²) in [7, 11) is 1.62. The maximum Gasteiger partial charge on any atom is 0.338 e. The Morgan fingerprint density at radius 2 is 1.78 bits per heavy atom. The van der Waals surface area contributed by atoms with Crippen LogP contribution in [0, 0.1) is 28.6 Å². The first-order chi connectivity index (χ1) is 15.4. The molecule has 3 fully saturated rings. The van der Waals surface area contributed by atoms with Crippen LogP contribution in [0.1, 0.15) is 75.6 Å². The number of esters is 1. The van der Waals surface area contributed by atoms with Gasteiger partial charge in [-0.05, 0) is 92.4 Å². The molecule has 1 aromatic carbocycles. The average molecular weight is 438 g/mol. The molecule has 0 amide bonds. The van der Waals surface area contributed by atoms with E-state index in [9.17, 15) is 10.0 Å². The van der Waals surface area contributed by atoms with Crippen LogP contribution in [0.2, 0.25) is 0 Å². The molecule has 0 spiro atoms. The third-order valence-electron chi connectivity index (χ3n) is 9.52. The SMILES string of the molecule is COc1ccc(C(=O)O[C@H]2CC[C@@]3(C)C(=CC[C@@H]4[C@@H]3CC[C@]3(C)C(=NO)CC[C@@H]43)C2)cc1. The molecule has 0 radical (unpaired) electrons. The summed E-state index contributed by atoms with van der Waals surface area (Å²) in [5.41, 5.74) is 3.37. The Kier molecular flexibility index (Phi) is 5.34. The fraction of sp³-hybridized carbons (Fsp3) is 0.630. The summed E-state index contributed by atoms with van der Waals surface area (Å²) >= 11 is 0. The standard InChI is InChI=1S/C27H35NO4/c1-26-14-12-20(32-25(29)17-4-7-19(31-3)8-5-17)16-18(26)6-9-21-22-10-11-24(28-30)27(22,2)15-13-23(21)26/h4-8,20-23,30H,9-16H2,1-3H3/t20-,21-,22-,23-,26-,27-/m0/s1. The van der Waals surface area contributed by atoms with E-state index in [1.807, 2.05) is 0 Å². The van der Waals surface area contributed by atoms with Gasteiger partial charge in [-0.3, -0.25) is 0 Å². The van der Waals surface area contributed by atoms with Gasteiger partial charge in [0.15, 0.2) is 0 Å². The smallest absolute Gasteiger partial charge is 0.338 e. The number of benzene rings is 1. The van der Waals surface area contributed by atoms with Crippen LogP contribution in [0.15, 0.2) is 41.1 Å². The second-order valence-corrected chi connectivity index (χ2v) is 10.8. The van der Waals surface area contributed by atoms with Crippen molar-refractivity contribution in [1.29, 1.82) is 0 Å². The third kappa shape index (κ3) is 3.27. The van der Waals surface area contributed by atoms with Gasteiger partial charge in [-0.15, -0.1) is 0 Å². The lowest BCUT2D eigenvalue weighted by Crippen LogP contribution is -2.50. The van der Waals surface area contributed by atoms with Crippen LogP contribution in [-0.4, -0.2) is 30.1 Å². The Balaban J connectivity index is 1.30. The lowest BCUT2D eigenvalue weighted by molar-refractivity contribution is -0.0287. The summed E-state index contributed by atoms with van der Waals surface area (Å²) in [5.74, 6) is 2.45. The fourth-order valence-electron chi connectivity index (χ4n) is 7.63. The number of rotatable bonds is 3. The lowest BCUT2D eigenvalue weighted by atomic mass is 9.48. The topological polar surface area (TPSA) is 68.1 Å². The molecule has 0 unspecified atom stereocenters. The van der Waals surface area contributed by atoms with Gasteiger partial charge in [-0.2, -0.15) is 0 Å². The maximum atomic E-state index is 12.7. The molecule has 6 atom stereocenters. The number of fused-ring (bicyclic) bond motifs is 5. The molecule has 0 aliphatic heterocycles. The predicted octanol–water partition coefficient (Wildman–Crippen LogP) is 6.01. The first-order valence-electron chi connectivity index (χ1n) is 12.1. The van der Waals surface area contributed by atoms with Crippen LogP contribution in [0.3, 0.4) is 0 Å². The zero-order valence-electron chi connectivity index (χ0n) is 19.5. The lowest BCUT2D eigenvalue weighted by Gasteiger charge is -2.57. The molecule has 4 aliphatic rings. The summed E-state index contributed by atoms with van der Waals surface area (Å²) in [6.45, 7) is 4.78. The van der Waals surface area contributed by atoms with Gasteiger partial charge in [0.05, 0.1) is 18.4 Å². The molecule has 5 rings (SSSR count). The van der Waals surface area contributed by atoms with Crippen molar-refractivity contribution in [3.63, 3.8) is 0 Å². The second kappa shape index (κ2) is 7.93. The van der Waals surface area contributed by atoms with Gasteiger partial charge in [0, 0.05) is 11.8 Å². The summed E-state index contributed by atoms with van der Waals surface area (Å²) < 4.78 is 11.1. The van der Waals surface area contributed by atoms with Crippen molar-refractivity contribution in [3.8, 4) is 5.75 Å². The Labute approximate surface area is 190 Å². The van der Waals surface area contributed by atoms with E-state index in [-0.39, 0.29) is 22.9 Å². The van der Waals surface area contributed by atoms with E-state index in [1.54, 1.807) is 31.4 Å². The third-order valence-corrected chi connectivity index (χ3v) is 9.52. The summed E-state index contributed by atoms with van der Waals surface area (Å²) in [6.07, 6.45) is 10.8. The Bertz CT molecular complexity index is 951. The van der Waals surface area contributed by atoms with Gasteiger partial charge >= 0.3 is 5.97 Å². The summed E-state index contributed by atoms with van der Waals surface area (Å²) in [5, 5.41) is 13.2. The number of carbonyl (C=O) groups is 1. The van der Waals surface area contributed by atoms with E-state index in [1.165, 1.54) is 12.0 Å². The van der Waals surface area contributed by atoms with Gasteiger partial charge < -0.3 is 14.7 Å². The number of hydrogen-bond donors (Lipinski definition) is 1. The van der Waals surface area contributed by atoms with Crippen LogP contribution in [0.5, 0.6) is 5.75 Å². The van der Waals surface area contributed by atoms with Gasteiger partial charge in [0.1, 0.15) is 11.9 Å². The Morgan fingerprint density at radius 3 is 2.50 bits per heavy atom. The Hall–Kier alpha value is -2.30. The number of oxime groups is 1. The minimum Gasteiger partial charge on any atom is -0.497 e. The van der Waals surface area contributed by atoms with E-state index >= 15 is 0 Å². The molecule has 5 heteroatoms. The first-order valence-corrected chi connectivity index (χ1v) is 12.1. The normalized spacial score (nSPS) is 39.5. The van der Waals surface area contributed by atoms with E-state index in [0.717, 1.165) is 56.4 Å². The number of methoxy groups -OCH3 is 1. The van der Waals surface area contributed by atoms with E-state index < -0.39 is 0 Å². The molecule has 1 aromatic rings. The van der Waals surface area contributed by atoms with Crippen molar-refractivity contribution < 1.29 is 19.5 Å². The van der Waals surface area contributed by atoms with Crippen molar-refractivity contribution in [2.45, 2.75) is 71.3 Å². The molecule has 172 valence electrons. The van der Waals surface area contributed by atoms with Crippen molar-refractivity contribution in [2.24, 2.45) is 33.7 Å². The molecule has 4 aliphatic carbocycles. The fourth-order valence-corrected chi connectivity index (χ4v) is 7.63. The minimum atomic E-state index is -0.245. The number of carbonyl (C=O) groups excluding carboxylic acids is 1. The molecule has 0 bridgehead atoms. The second-order valence-electron chi connectivity index (χ2n) is 10.8. The highest BCUT2D eigenvalue weighted by Gasteiger charge is 2.58. The van der Waals surface area contributed by atoms with Crippen molar-refractivity contribution >= 4 is 11.7 Å². The molecule has 0 heterocycles. The highest BCUT2D eigenvalue weighted by Crippen LogP contribution is 2.64. The molecule has 32 heavy (non-hydrogen) atoms. The average Bonchev–Trinajstić information content (AvgIpc) is 3.15. The monoisotopic (exact) mass is 437 g/mol. The number of allylic oxidation sites excluding steroid dienone is 1. The van der Waals surface area contributed by atoms with Crippen molar-refractivity contribution in [3.05, 3.63) is 41.5 Å². The maximum absolute atomic E-state index is 12.7. The van der Waals surface area contributed by atoms with Crippen molar-refractivity contribution in [1.82, 2.24) is 0 Å². The molecule has 0 aromatic heterocycles. The van der Waals surface area contributed by atoms with E-state index in [2.05, 4.69) is 25.1 Å². The first kappa shape index (κ1) is 21.5. The zero-order chi connectivity index (χ0) is 22.5. The number of nitrogens with zero attached hydrogens (tertiary/aromatic N) is 1. The van der Waals surface area contributed by atoms with Gasteiger partial charge in [-0.1, -0.05) is 30.7 Å². The summed E-state index contributed by atoms with van der Waals surface area (Å²) in [6, 6.07) is 7.13. The van der Waals surface area contributed by atoms with E-state index in [4.69, 9.17) is 9.47 Å². The molecular weight excluding hydrogens is 402 g/mol. The Morgan fingerprint density at radius 1 is 1.06 bits per heavy atom. The molecule has 1 N–H and O–H groups in total. The summed E-state index contributed by atoms with van der Waals surface area (Å²) in [4.78, 5) is 12.7. The van der Waals surface area contributed by atoms with Crippen LogP contribution >= 0.6 is 0 Å². The highest BCUT2D eigenvalue weighted by molar-refractivity contribution is 5.92. The van der Waals surface area contributed by atoms with Gasteiger partial charge in [-0.25, -0.2) is 4.79 Å². The van der Waals surface area contributed by atoms with Crippen molar-refractivity contribution in [2.75, 3.05) is 7.11 Å². The van der Waals surface area contributed by atoms with E-state index in [0.29, 0.717) is 23.3 Å². The van der Waals surface area contributed by atoms with Gasteiger partial charge in [0.25, 0.3) is 0 Å². The van der Waals surface area contributed by atoms with Crippen LogP contribution in [-0.2, 0) is 4.74 Å². The molecule has 0 saturated heterocycles.